The van der Waals surface area contributed by atoms with E-state index in [0.717, 1.165) is 12.1 Å². The number of H-pyrrole nitrogens is 1. The molecule has 1 aromatic carbocycles. The van der Waals surface area contributed by atoms with Gasteiger partial charge in [-0.05, 0) is 17.7 Å². The predicted octanol–water partition coefficient (Wildman–Crippen LogP) is 4.18. The molecule has 0 aliphatic carbocycles. The van der Waals surface area contributed by atoms with E-state index in [1.54, 1.807) is 7.05 Å². The lowest BCUT2D eigenvalue weighted by Crippen LogP contribution is -2.18. The Morgan fingerprint density at radius 1 is 1.23 bits per heavy atom. The summed E-state index contributed by atoms with van der Waals surface area (Å²) in [7, 11) is 1.56. The van der Waals surface area contributed by atoms with Crippen LogP contribution in [0.15, 0.2) is 42.9 Å². The first kappa shape index (κ1) is 19.1. The molecule has 0 fully saturated rings. The van der Waals surface area contributed by atoms with Crippen molar-refractivity contribution in [3.8, 4) is 11.3 Å². The smallest absolute Gasteiger partial charge is 0.354 e. The predicted molar refractivity (Wildman–Crippen MR) is 102 cm³/mol. The molecule has 3 heterocycles. The van der Waals surface area contributed by atoms with E-state index >= 15 is 0 Å². The first-order valence-corrected chi connectivity index (χ1v) is 8.49. The van der Waals surface area contributed by atoms with Crippen LogP contribution >= 0.6 is 0 Å². The minimum atomic E-state index is -4.58. The number of amides is 1. The Kier molecular flexibility index (Phi) is 4.46. The second-order valence-corrected chi connectivity index (χ2v) is 6.34. The third kappa shape index (κ3) is 3.46. The zero-order valence-electron chi connectivity index (χ0n) is 15.3. The lowest BCUT2D eigenvalue weighted by molar-refractivity contribution is -0.137. The fourth-order valence-electron chi connectivity index (χ4n) is 2.99. The Hall–Kier alpha value is -4.20. The van der Waals surface area contributed by atoms with Gasteiger partial charge < -0.3 is 10.3 Å². The Labute approximate surface area is 167 Å². The average molecular weight is 411 g/mol. The number of alkyl halides is 3. The van der Waals surface area contributed by atoms with Gasteiger partial charge in [0.05, 0.1) is 17.7 Å². The number of carbonyl (C=O) groups excluding carboxylic acids is 1. The van der Waals surface area contributed by atoms with E-state index in [2.05, 4.69) is 30.2 Å². The summed E-state index contributed by atoms with van der Waals surface area (Å²) >= 11 is 0. The van der Waals surface area contributed by atoms with Crippen molar-refractivity contribution < 1.29 is 18.0 Å². The highest BCUT2D eigenvalue weighted by molar-refractivity contribution is 6.02. The number of carbonyl (C=O) groups is 1. The van der Waals surface area contributed by atoms with Gasteiger partial charge in [0.1, 0.15) is 12.1 Å². The number of nitrogens with one attached hydrogen (secondary N) is 2. The zero-order chi connectivity index (χ0) is 21.5. The van der Waals surface area contributed by atoms with Crippen molar-refractivity contribution in [2.24, 2.45) is 7.05 Å². The standard InChI is InChI=1S/C19H12F3N7O/c1-23-11-3-4-13(19(20,21)22)12(6-11)15-5-10-8-24-16(7-14(10)27-15)28-18(30)17-25-9-26-29(17)2/h3-9,27H,2H3,(H,24,28,30). The molecule has 11 heteroatoms. The molecule has 0 saturated heterocycles. The summed E-state index contributed by atoms with van der Waals surface area (Å²) in [4.78, 5) is 26.3. The number of halogens is 3. The molecule has 3 aromatic heterocycles. The van der Waals surface area contributed by atoms with Gasteiger partial charge in [-0.3, -0.25) is 4.79 Å². The normalized spacial score (nSPS) is 11.4. The molecule has 0 aliphatic heterocycles. The monoisotopic (exact) mass is 411 g/mol. The SMILES string of the molecule is [C-]#[N+]c1ccc(C(F)(F)F)c(-c2cc3cnc(NC(=O)c4ncnn4C)cc3[nH]2)c1. The number of hydrogen-bond donors (Lipinski definition) is 2. The molecule has 150 valence electrons. The van der Waals surface area contributed by atoms with E-state index in [4.69, 9.17) is 6.57 Å². The second kappa shape index (κ2) is 7.00. The van der Waals surface area contributed by atoms with Crippen LogP contribution in [0.4, 0.5) is 24.7 Å². The van der Waals surface area contributed by atoms with Crippen LogP contribution in [-0.4, -0.2) is 30.6 Å². The van der Waals surface area contributed by atoms with Gasteiger partial charge in [0.2, 0.25) is 5.82 Å². The fourth-order valence-corrected chi connectivity index (χ4v) is 2.99. The number of rotatable bonds is 3. The summed E-state index contributed by atoms with van der Waals surface area (Å²) in [5.74, 6) is -0.262. The van der Waals surface area contributed by atoms with E-state index in [1.807, 2.05) is 0 Å². The van der Waals surface area contributed by atoms with Crippen molar-refractivity contribution in [1.82, 2.24) is 24.7 Å². The number of aromatic nitrogens is 5. The summed E-state index contributed by atoms with van der Waals surface area (Å²) in [6, 6.07) is 6.21. The van der Waals surface area contributed by atoms with Crippen LogP contribution in [0, 0.1) is 6.57 Å². The van der Waals surface area contributed by atoms with Gasteiger partial charge in [0.15, 0.2) is 5.69 Å². The highest BCUT2D eigenvalue weighted by Crippen LogP contribution is 2.39. The third-order valence-electron chi connectivity index (χ3n) is 4.39. The van der Waals surface area contributed by atoms with Gasteiger partial charge in [0, 0.05) is 30.4 Å². The largest absolute Gasteiger partial charge is 0.416 e. The lowest BCUT2D eigenvalue weighted by atomic mass is 10.0. The van der Waals surface area contributed by atoms with Crippen molar-refractivity contribution in [2.45, 2.75) is 6.18 Å². The summed E-state index contributed by atoms with van der Waals surface area (Å²) in [6.45, 7) is 7.08. The maximum absolute atomic E-state index is 13.4. The van der Waals surface area contributed by atoms with Gasteiger partial charge in [-0.1, -0.05) is 12.1 Å². The molecule has 0 spiro atoms. The first-order valence-electron chi connectivity index (χ1n) is 8.49. The topological polar surface area (TPSA) is 92.8 Å². The van der Waals surface area contributed by atoms with E-state index in [1.165, 1.54) is 35.4 Å². The van der Waals surface area contributed by atoms with Crippen LogP contribution in [0.3, 0.4) is 0 Å². The highest BCUT2D eigenvalue weighted by Gasteiger charge is 2.34. The van der Waals surface area contributed by atoms with Crippen molar-refractivity contribution in [3.05, 3.63) is 65.7 Å². The van der Waals surface area contributed by atoms with E-state index in [9.17, 15) is 18.0 Å². The first-order chi connectivity index (χ1) is 14.3. The number of aromatic amines is 1. The molecule has 0 bridgehead atoms. The van der Waals surface area contributed by atoms with Gasteiger partial charge >= 0.3 is 6.18 Å². The van der Waals surface area contributed by atoms with Crippen LogP contribution < -0.4 is 5.32 Å². The van der Waals surface area contributed by atoms with Crippen molar-refractivity contribution in [2.75, 3.05) is 5.32 Å². The Bertz CT molecular complexity index is 1310. The molecule has 8 nitrogen and oxygen atoms in total. The van der Waals surface area contributed by atoms with E-state index in [0.29, 0.717) is 10.9 Å². The molecular formula is C19H12F3N7O. The van der Waals surface area contributed by atoms with Crippen LogP contribution in [0.5, 0.6) is 0 Å². The maximum atomic E-state index is 13.4. The molecule has 2 N–H and O–H groups in total. The molecule has 30 heavy (non-hydrogen) atoms. The van der Waals surface area contributed by atoms with Crippen LogP contribution in [0.25, 0.3) is 27.0 Å². The summed E-state index contributed by atoms with van der Waals surface area (Å²) in [5.41, 5.74) is -0.260. The molecular weight excluding hydrogens is 399 g/mol. The molecule has 4 rings (SSSR count). The third-order valence-corrected chi connectivity index (χ3v) is 4.39. The molecule has 0 atom stereocenters. The number of pyridine rings is 1. The molecule has 0 unspecified atom stereocenters. The maximum Gasteiger partial charge on any atom is 0.416 e. The number of nitrogens with zero attached hydrogens (tertiary/aromatic N) is 5. The van der Waals surface area contributed by atoms with E-state index in [-0.39, 0.29) is 28.6 Å². The Morgan fingerprint density at radius 3 is 2.70 bits per heavy atom. The average Bonchev–Trinajstić information content (AvgIpc) is 3.32. The Balaban J connectivity index is 1.73. The fraction of sp³-hybridized carbons (Fsp3) is 0.105. The van der Waals surface area contributed by atoms with Crippen LogP contribution in [0.2, 0.25) is 0 Å². The quantitative estimate of drug-likeness (QED) is 0.495. The summed E-state index contributed by atoms with van der Waals surface area (Å²) < 4.78 is 41.6. The summed E-state index contributed by atoms with van der Waals surface area (Å²) in [5, 5.41) is 6.93. The number of fused-ring (bicyclic) bond motifs is 1. The minimum absolute atomic E-state index is 0.0786. The number of anilines is 1. The van der Waals surface area contributed by atoms with Gasteiger partial charge in [0.25, 0.3) is 5.91 Å². The number of aryl methyl sites for hydroxylation is 1. The van der Waals surface area contributed by atoms with Gasteiger partial charge in [-0.25, -0.2) is 19.5 Å². The Morgan fingerprint density at radius 2 is 2.03 bits per heavy atom. The number of benzene rings is 1. The van der Waals surface area contributed by atoms with E-state index < -0.39 is 17.6 Å². The molecule has 0 saturated carbocycles. The molecule has 4 aromatic rings. The second-order valence-electron chi connectivity index (χ2n) is 6.34. The van der Waals surface area contributed by atoms with Crippen molar-refractivity contribution >= 4 is 28.3 Å². The minimum Gasteiger partial charge on any atom is -0.354 e. The van der Waals surface area contributed by atoms with Gasteiger partial charge in [-0.2, -0.15) is 18.3 Å². The highest BCUT2D eigenvalue weighted by atomic mass is 19.4. The zero-order valence-corrected chi connectivity index (χ0v) is 15.3. The molecule has 0 aliphatic rings. The van der Waals surface area contributed by atoms with Crippen LogP contribution in [0.1, 0.15) is 16.2 Å². The van der Waals surface area contributed by atoms with Crippen molar-refractivity contribution in [1.29, 1.82) is 0 Å². The summed E-state index contributed by atoms with van der Waals surface area (Å²) in [6.07, 6.45) is -1.92. The molecule has 0 radical (unpaired) electrons. The number of hydrogen-bond acceptors (Lipinski definition) is 4. The van der Waals surface area contributed by atoms with Crippen molar-refractivity contribution in [3.63, 3.8) is 0 Å². The van der Waals surface area contributed by atoms with Gasteiger partial charge in [-0.15, -0.1) is 0 Å². The lowest BCUT2D eigenvalue weighted by Gasteiger charge is -2.12. The van der Waals surface area contributed by atoms with Crippen LogP contribution in [-0.2, 0) is 13.2 Å². The molecule has 1 amide bonds.